The number of ketones is 1. The van der Waals surface area contributed by atoms with Crippen LogP contribution in [0.1, 0.15) is 45.6 Å². The van der Waals surface area contributed by atoms with E-state index in [0.29, 0.717) is 6.54 Å². The van der Waals surface area contributed by atoms with E-state index in [1.54, 1.807) is 0 Å². The normalized spacial score (nSPS) is 16.3. The highest BCUT2D eigenvalue weighted by atomic mass is 79.9. The van der Waals surface area contributed by atoms with Gasteiger partial charge in [0.2, 0.25) is 0 Å². The van der Waals surface area contributed by atoms with Crippen LogP contribution in [0.5, 0.6) is 0 Å². The predicted molar refractivity (Wildman–Crippen MR) is 133 cm³/mol. The summed E-state index contributed by atoms with van der Waals surface area (Å²) < 4.78 is 0.988. The van der Waals surface area contributed by atoms with Gasteiger partial charge in [-0.3, -0.25) is 14.7 Å². The second-order valence-corrected chi connectivity index (χ2v) is 9.85. The van der Waals surface area contributed by atoms with Gasteiger partial charge >= 0.3 is 0 Å². The predicted octanol–water partition coefficient (Wildman–Crippen LogP) is 6.38. The van der Waals surface area contributed by atoms with Crippen molar-refractivity contribution >= 4 is 38.9 Å². The molecule has 3 nitrogen and oxygen atoms in total. The molecule has 0 atom stereocenters. The molecule has 0 spiro atoms. The summed E-state index contributed by atoms with van der Waals surface area (Å²) in [6.07, 6.45) is 5.73. The largest absolute Gasteiger partial charge is 0.295 e. The zero-order valence-electron chi connectivity index (χ0n) is 17.8. The van der Waals surface area contributed by atoms with Gasteiger partial charge in [-0.25, -0.2) is 0 Å². The van der Waals surface area contributed by atoms with E-state index in [0.717, 1.165) is 59.5 Å². The zero-order chi connectivity index (χ0) is 22.1. The average Bonchev–Trinajstić information content (AvgIpc) is 2.97. The summed E-state index contributed by atoms with van der Waals surface area (Å²) in [6, 6.07) is 18.1. The van der Waals surface area contributed by atoms with Crippen molar-refractivity contribution in [3.63, 3.8) is 0 Å². The maximum Gasteiger partial charge on any atom is 0.176 e. The molecule has 1 saturated heterocycles. The SMILES string of the molecule is O=C(CN1CCC(=C2c3ccc(Cl)cc3CCc3cccnc32)CC1)c1ccc(Br)cc1. The van der Waals surface area contributed by atoms with Crippen LogP contribution < -0.4 is 0 Å². The van der Waals surface area contributed by atoms with Crippen molar-refractivity contribution < 1.29 is 4.79 Å². The lowest BCUT2D eigenvalue weighted by Gasteiger charge is -2.29. The van der Waals surface area contributed by atoms with Crippen LogP contribution in [0.15, 0.2) is 70.8 Å². The number of carbonyl (C=O) groups excluding carboxylic acids is 1. The summed E-state index contributed by atoms with van der Waals surface area (Å²) in [5.41, 5.74) is 8.46. The number of aromatic nitrogens is 1. The molecule has 0 unspecified atom stereocenters. The van der Waals surface area contributed by atoms with Crippen molar-refractivity contribution in [3.05, 3.63) is 104 Å². The zero-order valence-corrected chi connectivity index (χ0v) is 20.1. The van der Waals surface area contributed by atoms with E-state index >= 15 is 0 Å². The number of rotatable bonds is 3. The number of pyridine rings is 1. The van der Waals surface area contributed by atoms with E-state index in [1.807, 2.05) is 42.6 Å². The van der Waals surface area contributed by atoms with Gasteiger partial charge in [0.05, 0.1) is 12.2 Å². The molecule has 2 heterocycles. The quantitative estimate of drug-likeness (QED) is 0.386. The van der Waals surface area contributed by atoms with Gasteiger partial charge in [0.1, 0.15) is 0 Å². The van der Waals surface area contributed by atoms with Gasteiger partial charge in [0.15, 0.2) is 5.78 Å². The molecule has 0 bridgehead atoms. The Morgan fingerprint density at radius 2 is 1.72 bits per heavy atom. The van der Waals surface area contributed by atoms with E-state index in [2.05, 4.69) is 39.0 Å². The Morgan fingerprint density at radius 1 is 0.969 bits per heavy atom. The van der Waals surface area contributed by atoms with Crippen molar-refractivity contribution in [1.82, 2.24) is 9.88 Å². The highest BCUT2D eigenvalue weighted by Gasteiger charge is 2.25. The van der Waals surface area contributed by atoms with Crippen LogP contribution in [0.4, 0.5) is 0 Å². The standard InChI is InChI=1S/C27H24BrClN2O/c28-22-7-5-18(6-8-22)25(32)17-31-14-11-19(12-15-31)26-24-10-9-23(29)16-21(24)4-3-20-2-1-13-30-27(20)26/h1-2,5-10,13,16H,3-4,11-12,14-15,17H2. The first kappa shape index (κ1) is 21.6. The molecule has 1 aromatic heterocycles. The maximum atomic E-state index is 12.7. The first-order chi connectivity index (χ1) is 15.6. The fraction of sp³-hybridized carbons (Fsp3) is 0.259. The second kappa shape index (κ2) is 9.30. The lowest BCUT2D eigenvalue weighted by atomic mass is 9.88. The van der Waals surface area contributed by atoms with Gasteiger partial charge in [-0.2, -0.15) is 0 Å². The number of hydrogen-bond acceptors (Lipinski definition) is 3. The molecule has 1 aliphatic carbocycles. The number of halogens is 2. The number of fused-ring (bicyclic) bond motifs is 2. The first-order valence-corrected chi connectivity index (χ1v) is 12.2. The summed E-state index contributed by atoms with van der Waals surface area (Å²) in [4.78, 5) is 19.8. The topological polar surface area (TPSA) is 33.2 Å². The number of nitrogens with zero attached hydrogens (tertiary/aromatic N) is 2. The molecule has 5 rings (SSSR count). The van der Waals surface area contributed by atoms with Crippen LogP contribution >= 0.6 is 27.5 Å². The Hall–Kier alpha value is -2.27. The maximum absolute atomic E-state index is 12.7. The number of likely N-dealkylation sites (tertiary alicyclic amines) is 1. The molecule has 0 N–H and O–H groups in total. The van der Waals surface area contributed by atoms with Crippen LogP contribution in [0, 0.1) is 0 Å². The van der Waals surface area contributed by atoms with Crippen LogP contribution in [-0.2, 0) is 12.8 Å². The number of carbonyl (C=O) groups is 1. The number of benzene rings is 2. The molecule has 1 aliphatic heterocycles. The Labute approximate surface area is 202 Å². The molecular formula is C27H24BrClN2O. The highest BCUT2D eigenvalue weighted by molar-refractivity contribution is 9.10. The third-order valence-electron chi connectivity index (χ3n) is 6.47. The highest BCUT2D eigenvalue weighted by Crippen LogP contribution is 2.38. The number of Topliss-reactive ketones (excluding diaryl/α,β-unsaturated/α-hetero) is 1. The molecule has 0 radical (unpaired) electrons. The third-order valence-corrected chi connectivity index (χ3v) is 7.24. The molecule has 0 amide bonds. The van der Waals surface area contributed by atoms with Crippen LogP contribution in [0.2, 0.25) is 5.02 Å². The molecular weight excluding hydrogens is 484 g/mol. The van der Waals surface area contributed by atoms with Crippen LogP contribution in [0.3, 0.4) is 0 Å². The fourth-order valence-corrected chi connectivity index (χ4v) is 5.25. The monoisotopic (exact) mass is 506 g/mol. The number of aryl methyl sites for hydroxylation is 2. The Balaban J connectivity index is 1.41. The van der Waals surface area contributed by atoms with E-state index in [-0.39, 0.29) is 5.78 Å². The summed E-state index contributed by atoms with van der Waals surface area (Å²) in [7, 11) is 0. The van der Waals surface area contributed by atoms with Crippen molar-refractivity contribution in [1.29, 1.82) is 0 Å². The first-order valence-electron chi connectivity index (χ1n) is 11.0. The summed E-state index contributed by atoms with van der Waals surface area (Å²) in [6.45, 7) is 2.23. The van der Waals surface area contributed by atoms with Gasteiger partial charge < -0.3 is 0 Å². The van der Waals surface area contributed by atoms with Crippen molar-refractivity contribution in [2.75, 3.05) is 19.6 Å². The minimum Gasteiger partial charge on any atom is -0.295 e. The van der Waals surface area contributed by atoms with Gasteiger partial charge in [-0.15, -0.1) is 0 Å². The smallest absolute Gasteiger partial charge is 0.176 e. The number of piperidine rings is 1. The van der Waals surface area contributed by atoms with E-state index in [9.17, 15) is 4.79 Å². The average molecular weight is 508 g/mol. The summed E-state index contributed by atoms with van der Waals surface area (Å²) >= 11 is 9.76. The van der Waals surface area contributed by atoms with Crippen molar-refractivity contribution in [3.8, 4) is 0 Å². The third kappa shape index (κ3) is 4.45. The molecule has 5 heteroatoms. The van der Waals surface area contributed by atoms with Gasteiger partial charge in [-0.05, 0) is 72.7 Å². The Kier molecular flexibility index (Phi) is 6.27. The molecule has 0 saturated carbocycles. The minimum atomic E-state index is 0.176. The van der Waals surface area contributed by atoms with Crippen LogP contribution in [0.25, 0.3) is 5.57 Å². The van der Waals surface area contributed by atoms with Gasteiger partial charge in [-0.1, -0.05) is 57.4 Å². The molecule has 3 aromatic rings. The molecule has 32 heavy (non-hydrogen) atoms. The molecule has 162 valence electrons. The lowest BCUT2D eigenvalue weighted by molar-refractivity contribution is 0.0925. The van der Waals surface area contributed by atoms with E-state index < -0.39 is 0 Å². The minimum absolute atomic E-state index is 0.176. The summed E-state index contributed by atoms with van der Waals surface area (Å²) in [5.74, 6) is 0.176. The van der Waals surface area contributed by atoms with E-state index in [4.69, 9.17) is 16.6 Å². The van der Waals surface area contributed by atoms with Gasteiger partial charge in [0, 0.05) is 39.9 Å². The van der Waals surface area contributed by atoms with Crippen molar-refractivity contribution in [2.45, 2.75) is 25.7 Å². The molecule has 2 aliphatic rings. The van der Waals surface area contributed by atoms with Gasteiger partial charge in [0.25, 0.3) is 0 Å². The van der Waals surface area contributed by atoms with E-state index in [1.165, 1.54) is 27.8 Å². The summed E-state index contributed by atoms with van der Waals surface area (Å²) in [5, 5.41) is 0.785. The van der Waals surface area contributed by atoms with Crippen LogP contribution in [-0.4, -0.2) is 35.3 Å². The molecule has 1 fully saturated rings. The number of hydrogen-bond donors (Lipinski definition) is 0. The fourth-order valence-electron chi connectivity index (χ4n) is 4.79. The Bertz CT molecular complexity index is 1190. The van der Waals surface area contributed by atoms with Crippen molar-refractivity contribution in [2.24, 2.45) is 0 Å². The Morgan fingerprint density at radius 3 is 2.50 bits per heavy atom. The lowest BCUT2D eigenvalue weighted by Crippen LogP contribution is -2.35. The second-order valence-electron chi connectivity index (χ2n) is 8.50. The molecule has 2 aromatic carbocycles.